The van der Waals surface area contributed by atoms with Crippen LogP contribution in [0.4, 0.5) is 0 Å². The van der Waals surface area contributed by atoms with Crippen molar-refractivity contribution in [1.29, 1.82) is 0 Å². The minimum absolute atomic E-state index is 0.524. The molecule has 1 atom stereocenters. The second-order valence-corrected chi connectivity index (χ2v) is 3.57. The number of benzene rings is 1. The number of hydrogen-bond donors (Lipinski definition) is 1. The molecule has 0 aliphatic carbocycles. The van der Waals surface area contributed by atoms with Gasteiger partial charge >= 0.3 is 0 Å². The van der Waals surface area contributed by atoms with Crippen LogP contribution in [0.3, 0.4) is 0 Å². The minimum atomic E-state index is -0.524. The van der Waals surface area contributed by atoms with Crippen LogP contribution in [0.25, 0.3) is 0 Å². The van der Waals surface area contributed by atoms with Gasteiger partial charge in [-0.25, -0.2) is 4.98 Å². The summed E-state index contributed by atoms with van der Waals surface area (Å²) in [6.45, 7) is 2.48. The van der Waals surface area contributed by atoms with Gasteiger partial charge in [0.15, 0.2) is 0 Å². The summed E-state index contributed by atoms with van der Waals surface area (Å²) in [5, 5.41) is 9.49. The van der Waals surface area contributed by atoms with Gasteiger partial charge in [-0.1, -0.05) is 30.3 Å². The number of imidazole rings is 1. The molecule has 0 fully saturated rings. The topological polar surface area (TPSA) is 38.1 Å². The van der Waals surface area contributed by atoms with Gasteiger partial charge in [-0.3, -0.25) is 0 Å². The predicted molar refractivity (Wildman–Crippen MR) is 58.4 cm³/mol. The van der Waals surface area contributed by atoms with Gasteiger partial charge in [0.25, 0.3) is 0 Å². The fourth-order valence-electron chi connectivity index (χ4n) is 1.60. The molecule has 1 N–H and O–H groups in total. The molecule has 1 aromatic carbocycles. The zero-order chi connectivity index (χ0) is 10.7. The zero-order valence-electron chi connectivity index (χ0n) is 8.67. The Morgan fingerprint density at radius 3 is 2.73 bits per heavy atom. The molecule has 0 bridgehead atoms. The minimum Gasteiger partial charge on any atom is -0.385 e. The average Bonchev–Trinajstić information content (AvgIpc) is 2.67. The van der Waals surface area contributed by atoms with Gasteiger partial charge in [0, 0.05) is 18.9 Å². The Hall–Kier alpha value is -1.61. The summed E-state index contributed by atoms with van der Waals surface area (Å²) in [6, 6.07) is 10.1. The molecule has 3 nitrogen and oxygen atoms in total. The van der Waals surface area contributed by atoms with Crippen LogP contribution in [-0.4, -0.2) is 14.7 Å². The lowest BCUT2D eigenvalue weighted by molar-refractivity contribution is 0.184. The van der Waals surface area contributed by atoms with Crippen molar-refractivity contribution in [1.82, 2.24) is 9.55 Å². The van der Waals surface area contributed by atoms with Crippen molar-refractivity contribution >= 4 is 0 Å². The first kappa shape index (κ1) is 9.93. The first-order chi connectivity index (χ1) is 7.27. The van der Waals surface area contributed by atoms with E-state index in [1.807, 2.05) is 29.0 Å². The van der Waals surface area contributed by atoms with Gasteiger partial charge in [0.1, 0.15) is 11.9 Å². The quantitative estimate of drug-likeness (QED) is 0.826. The van der Waals surface area contributed by atoms with Gasteiger partial charge < -0.3 is 9.67 Å². The van der Waals surface area contributed by atoms with Crippen LogP contribution in [0.1, 0.15) is 24.4 Å². The molecule has 2 aromatic rings. The van der Waals surface area contributed by atoms with E-state index in [9.17, 15) is 5.11 Å². The molecule has 0 spiro atoms. The summed E-state index contributed by atoms with van der Waals surface area (Å²) >= 11 is 0. The second kappa shape index (κ2) is 4.28. The molecule has 78 valence electrons. The van der Waals surface area contributed by atoms with Crippen molar-refractivity contribution < 1.29 is 5.11 Å². The molecule has 0 saturated carbocycles. The van der Waals surface area contributed by atoms with E-state index in [4.69, 9.17) is 0 Å². The van der Waals surface area contributed by atoms with Crippen LogP contribution >= 0.6 is 0 Å². The lowest BCUT2D eigenvalue weighted by Gasteiger charge is -2.09. The third kappa shape index (κ3) is 2.25. The van der Waals surface area contributed by atoms with Crippen LogP contribution < -0.4 is 0 Å². The summed E-state index contributed by atoms with van der Waals surface area (Å²) in [5.41, 5.74) is 1.21. The summed E-state index contributed by atoms with van der Waals surface area (Å²) in [6.07, 6.45) is 3.07. The van der Waals surface area contributed by atoms with E-state index in [0.717, 1.165) is 6.54 Å². The van der Waals surface area contributed by atoms with Gasteiger partial charge in [0.2, 0.25) is 0 Å². The van der Waals surface area contributed by atoms with E-state index in [1.54, 1.807) is 13.1 Å². The Bertz CT molecular complexity index is 420. The highest BCUT2D eigenvalue weighted by atomic mass is 16.3. The standard InChI is InChI=1S/C12H14N2O/c1-10(15)12-13-7-8-14(12)9-11-5-3-2-4-6-11/h2-8,10,15H,9H2,1H3. The van der Waals surface area contributed by atoms with Crippen LogP contribution in [0.5, 0.6) is 0 Å². The van der Waals surface area contributed by atoms with Crippen molar-refractivity contribution in [3.8, 4) is 0 Å². The summed E-state index contributed by atoms with van der Waals surface area (Å²) in [7, 11) is 0. The molecule has 1 heterocycles. The Labute approximate surface area is 89.0 Å². The van der Waals surface area contributed by atoms with E-state index in [-0.39, 0.29) is 0 Å². The highest BCUT2D eigenvalue weighted by Gasteiger charge is 2.08. The molecule has 0 aliphatic heterocycles. The molecule has 15 heavy (non-hydrogen) atoms. The molecule has 2 rings (SSSR count). The monoisotopic (exact) mass is 202 g/mol. The Morgan fingerprint density at radius 2 is 2.07 bits per heavy atom. The summed E-state index contributed by atoms with van der Waals surface area (Å²) in [4.78, 5) is 4.12. The molecule has 0 radical (unpaired) electrons. The fourth-order valence-corrected chi connectivity index (χ4v) is 1.60. The SMILES string of the molecule is CC(O)c1nccn1Cc1ccccc1. The first-order valence-corrected chi connectivity index (χ1v) is 5.00. The van der Waals surface area contributed by atoms with E-state index in [0.29, 0.717) is 5.82 Å². The molecule has 1 unspecified atom stereocenters. The number of nitrogens with zero attached hydrogens (tertiary/aromatic N) is 2. The van der Waals surface area contributed by atoms with Crippen molar-refractivity contribution in [2.24, 2.45) is 0 Å². The number of rotatable bonds is 3. The van der Waals surface area contributed by atoms with Crippen molar-refractivity contribution in [2.75, 3.05) is 0 Å². The molecule has 3 heteroatoms. The average molecular weight is 202 g/mol. The number of aliphatic hydroxyl groups excluding tert-OH is 1. The normalized spacial score (nSPS) is 12.7. The van der Waals surface area contributed by atoms with Gasteiger partial charge in [0.05, 0.1) is 0 Å². The van der Waals surface area contributed by atoms with Gasteiger partial charge in [-0.15, -0.1) is 0 Å². The van der Waals surface area contributed by atoms with E-state index < -0.39 is 6.10 Å². The maximum atomic E-state index is 9.49. The summed E-state index contributed by atoms with van der Waals surface area (Å²) in [5.74, 6) is 0.707. The smallest absolute Gasteiger partial charge is 0.137 e. The van der Waals surface area contributed by atoms with Crippen LogP contribution in [0.15, 0.2) is 42.7 Å². The molecular formula is C12H14N2O. The molecule has 0 saturated heterocycles. The predicted octanol–water partition coefficient (Wildman–Crippen LogP) is 1.98. The first-order valence-electron chi connectivity index (χ1n) is 5.00. The fraction of sp³-hybridized carbons (Fsp3) is 0.250. The maximum absolute atomic E-state index is 9.49. The molecule has 0 aliphatic rings. The van der Waals surface area contributed by atoms with Crippen molar-refractivity contribution in [3.63, 3.8) is 0 Å². The van der Waals surface area contributed by atoms with E-state index in [2.05, 4.69) is 17.1 Å². The Balaban J connectivity index is 2.21. The third-order valence-corrected chi connectivity index (χ3v) is 2.32. The van der Waals surface area contributed by atoms with Crippen molar-refractivity contribution in [3.05, 3.63) is 54.1 Å². The number of hydrogen-bond acceptors (Lipinski definition) is 2. The lowest BCUT2D eigenvalue weighted by Crippen LogP contribution is -2.06. The van der Waals surface area contributed by atoms with Crippen molar-refractivity contribution in [2.45, 2.75) is 19.6 Å². The molecule has 1 aromatic heterocycles. The van der Waals surface area contributed by atoms with Crippen LogP contribution in [0, 0.1) is 0 Å². The van der Waals surface area contributed by atoms with E-state index in [1.165, 1.54) is 5.56 Å². The number of aliphatic hydroxyl groups is 1. The Kier molecular flexibility index (Phi) is 2.83. The summed E-state index contributed by atoms with van der Waals surface area (Å²) < 4.78 is 1.96. The molecule has 0 amide bonds. The third-order valence-electron chi connectivity index (χ3n) is 2.32. The van der Waals surface area contributed by atoms with Crippen LogP contribution in [0.2, 0.25) is 0 Å². The highest BCUT2D eigenvalue weighted by molar-refractivity contribution is 5.16. The van der Waals surface area contributed by atoms with Gasteiger partial charge in [-0.05, 0) is 12.5 Å². The lowest BCUT2D eigenvalue weighted by atomic mass is 10.2. The zero-order valence-corrected chi connectivity index (χ0v) is 8.67. The maximum Gasteiger partial charge on any atom is 0.137 e. The highest BCUT2D eigenvalue weighted by Crippen LogP contribution is 2.11. The van der Waals surface area contributed by atoms with E-state index >= 15 is 0 Å². The Morgan fingerprint density at radius 1 is 1.33 bits per heavy atom. The largest absolute Gasteiger partial charge is 0.385 e. The number of aromatic nitrogens is 2. The van der Waals surface area contributed by atoms with Crippen LogP contribution in [-0.2, 0) is 6.54 Å². The van der Waals surface area contributed by atoms with Gasteiger partial charge in [-0.2, -0.15) is 0 Å². The molecular weight excluding hydrogens is 188 g/mol. The second-order valence-electron chi connectivity index (χ2n) is 3.57.